The van der Waals surface area contributed by atoms with Gasteiger partial charge in [0.15, 0.2) is 0 Å². The van der Waals surface area contributed by atoms with Gasteiger partial charge in [-0.2, -0.15) is 0 Å². The van der Waals surface area contributed by atoms with Crippen molar-refractivity contribution in [3.63, 3.8) is 0 Å². The van der Waals surface area contributed by atoms with Crippen LogP contribution in [0.2, 0.25) is 0 Å². The zero-order chi connectivity index (χ0) is 19.4. The Morgan fingerprint density at radius 2 is 2.00 bits per heavy atom. The number of rotatable bonds is 6. The van der Waals surface area contributed by atoms with E-state index in [0.717, 1.165) is 34.9 Å². The highest BCUT2D eigenvalue weighted by molar-refractivity contribution is 5.91. The Kier molecular flexibility index (Phi) is 5.99. The lowest BCUT2D eigenvalue weighted by atomic mass is 9.82. The van der Waals surface area contributed by atoms with Gasteiger partial charge in [-0.1, -0.05) is 30.7 Å². The van der Waals surface area contributed by atoms with E-state index in [2.05, 4.69) is 0 Å². The summed E-state index contributed by atoms with van der Waals surface area (Å²) in [5.74, 6) is 0.916. The fourth-order valence-corrected chi connectivity index (χ4v) is 3.50. The molecular weight excluding hydrogens is 342 g/mol. The number of hydrogen-bond acceptors (Lipinski definition) is 4. The summed E-state index contributed by atoms with van der Waals surface area (Å²) < 4.78 is 10.9. The average Bonchev–Trinajstić information content (AvgIpc) is 2.59. The summed E-state index contributed by atoms with van der Waals surface area (Å²) in [5.41, 5.74) is 1.07. The summed E-state index contributed by atoms with van der Waals surface area (Å²) in [6.45, 7) is 3.61. The third kappa shape index (κ3) is 4.41. The largest absolute Gasteiger partial charge is 0.497 e. The Balaban J connectivity index is 1.71. The molecule has 1 fully saturated rings. The lowest BCUT2D eigenvalue weighted by molar-refractivity contribution is -0.127. The van der Waals surface area contributed by atoms with Crippen molar-refractivity contribution in [1.82, 2.24) is 4.90 Å². The number of amides is 2. The van der Waals surface area contributed by atoms with Crippen LogP contribution in [0.5, 0.6) is 5.75 Å². The Labute approximate surface area is 160 Å². The van der Waals surface area contributed by atoms with Crippen LogP contribution in [0.3, 0.4) is 0 Å². The predicted molar refractivity (Wildman–Crippen MR) is 105 cm³/mol. The average molecular weight is 369 g/mol. The van der Waals surface area contributed by atoms with Gasteiger partial charge in [-0.25, -0.2) is 9.69 Å². The van der Waals surface area contributed by atoms with E-state index in [0.29, 0.717) is 18.9 Å². The van der Waals surface area contributed by atoms with Gasteiger partial charge in [-0.05, 0) is 60.6 Å². The zero-order valence-corrected chi connectivity index (χ0v) is 16.2. The zero-order valence-electron chi connectivity index (χ0n) is 16.2. The standard InChI is InChI=1S/C22H27NO4/c1-15(17-6-4-7-17)27-22(25)23(16(2)24)13-12-19-9-5-8-18-10-11-20(26-3)14-21(18)19/h5,8-11,14-15,17H,4,6-7,12-13H2,1-3H3. The molecule has 2 amide bonds. The van der Waals surface area contributed by atoms with Gasteiger partial charge in [0, 0.05) is 13.5 Å². The molecule has 144 valence electrons. The second-order valence-electron chi connectivity index (χ2n) is 7.20. The quantitative estimate of drug-likeness (QED) is 0.749. The first-order valence-corrected chi connectivity index (χ1v) is 9.54. The second-order valence-corrected chi connectivity index (χ2v) is 7.20. The minimum Gasteiger partial charge on any atom is -0.497 e. The molecule has 3 rings (SSSR count). The topological polar surface area (TPSA) is 55.8 Å². The molecule has 5 nitrogen and oxygen atoms in total. The molecule has 1 unspecified atom stereocenters. The molecule has 27 heavy (non-hydrogen) atoms. The van der Waals surface area contributed by atoms with Gasteiger partial charge in [-0.3, -0.25) is 4.79 Å². The summed E-state index contributed by atoms with van der Waals surface area (Å²) in [6, 6.07) is 12.0. The Morgan fingerprint density at radius 3 is 2.63 bits per heavy atom. The van der Waals surface area contributed by atoms with E-state index in [1.807, 2.05) is 43.3 Å². The lowest BCUT2D eigenvalue weighted by Crippen LogP contribution is -2.40. The second kappa shape index (κ2) is 8.42. The third-order valence-corrected chi connectivity index (χ3v) is 5.49. The number of imide groups is 1. The highest BCUT2D eigenvalue weighted by Crippen LogP contribution is 2.31. The molecule has 0 aliphatic heterocycles. The number of fused-ring (bicyclic) bond motifs is 1. The first kappa shape index (κ1) is 19.2. The molecule has 2 aromatic rings. The van der Waals surface area contributed by atoms with Gasteiger partial charge in [0.25, 0.3) is 0 Å². The summed E-state index contributed by atoms with van der Waals surface area (Å²) in [4.78, 5) is 25.7. The number of nitrogens with zero attached hydrogens (tertiary/aromatic N) is 1. The van der Waals surface area contributed by atoms with Crippen LogP contribution in [-0.4, -0.2) is 36.7 Å². The van der Waals surface area contributed by atoms with Crippen molar-refractivity contribution in [2.75, 3.05) is 13.7 Å². The van der Waals surface area contributed by atoms with Crippen molar-refractivity contribution in [2.24, 2.45) is 5.92 Å². The molecule has 0 heterocycles. The Hall–Kier alpha value is -2.56. The van der Waals surface area contributed by atoms with Crippen LogP contribution < -0.4 is 4.74 Å². The van der Waals surface area contributed by atoms with Gasteiger partial charge in [0.2, 0.25) is 5.91 Å². The molecule has 0 N–H and O–H groups in total. The molecule has 2 aromatic carbocycles. The maximum absolute atomic E-state index is 12.5. The molecule has 1 saturated carbocycles. The van der Waals surface area contributed by atoms with Crippen LogP contribution in [-0.2, 0) is 16.0 Å². The minimum absolute atomic E-state index is 0.144. The van der Waals surface area contributed by atoms with Gasteiger partial charge >= 0.3 is 6.09 Å². The first-order chi connectivity index (χ1) is 13.0. The van der Waals surface area contributed by atoms with Crippen LogP contribution in [0.4, 0.5) is 4.79 Å². The number of benzene rings is 2. The van der Waals surface area contributed by atoms with E-state index < -0.39 is 6.09 Å². The molecule has 1 aliphatic rings. The Morgan fingerprint density at radius 1 is 1.22 bits per heavy atom. The normalized spacial score (nSPS) is 15.1. The molecule has 5 heteroatoms. The molecular formula is C22H27NO4. The summed E-state index contributed by atoms with van der Waals surface area (Å²) >= 11 is 0. The van der Waals surface area contributed by atoms with Gasteiger partial charge < -0.3 is 9.47 Å². The van der Waals surface area contributed by atoms with E-state index in [9.17, 15) is 9.59 Å². The van der Waals surface area contributed by atoms with Crippen molar-refractivity contribution in [3.05, 3.63) is 42.0 Å². The van der Waals surface area contributed by atoms with E-state index in [4.69, 9.17) is 9.47 Å². The number of carbonyl (C=O) groups excluding carboxylic acids is 2. The lowest BCUT2D eigenvalue weighted by Gasteiger charge is -2.32. The highest BCUT2D eigenvalue weighted by atomic mass is 16.6. The van der Waals surface area contributed by atoms with E-state index in [1.54, 1.807) is 7.11 Å². The molecule has 1 aliphatic carbocycles. The van der Waals surface area contributed by atoms with E-state index in [1.165, 1.54) is 18.2 Å². The van der Waals surface area contributed by atoms with Gasteiger partial charge in [0.1, 0.15) is 11.9 Å². The van der Waals surface area contributed by atoms with Gasteiger partial charge in [0.05, 0.1) is 7.11 Å². The molecule has 0 saturated heterocycles. The summed E-state index contributed by atoms with van der Waals surface area (Å²) in [5, 5.41) is 2.17. The SMILES string of the molecule is COc1ccc2cccc(CCN(C(C)=O)C(=O)OC(C)C3CCC3)c2c1. The number of carbonyl (C=O) groups is 2. The maximum atomic E-state index is 12.5. The number of methoxy groups -OCH3 is 1. The van der Waals surface area contributed by atoms with Crippen molar-refractivity contribution in [1.29, 1.82) is 0 Å². The first-order valence-electron chi connectivity index (χ1n) is 9.54. The van der Waals surface area contributed by atoms with Crippen LogP contribution in [0.15, 0.2) is 36.4 Å². The minimum atomic E-state index is -0.542. The van der Waals surface area contributed by atoms with Crippen LogP contribution >= 0.6 is 0 Å². The third-order valence-electron chi connectivity index (χ3n) is 5.49. The van der Waals surface area contributed by atoms with Crippen molar-refractivity contribution in [3.8, 4) is 5.75 Å². The van der Waals surface area contributed by atoms with Crippen molar-refractivity contribution in [2.45, 2.75) is 45.6 Å². The van der Waals surface area contributed by atoms with Crippen LogP contribution in [0.1, 0.15) is 38.7 Å². The van der Waals surface area contributed by atoms with Crippen LogP contribution in [0.25, 0.3) is 10.8 Å². The highest BCUT2D eigenvalue weighted by Gasteiger charge is 2.29. The van der Waals surface area contributed by atoms with Gasteiger partial charge in [-0.15, -0.1) is 0 Å². The molecule has 0 bridgehead atoms. The Bertz CT molecular complexity index is 828. The van der Waals surface area contributed by atoms with Crippen molar-refractivity contribution < 1.29 is 19.1 Å². The number of ether oxygens (including phenoxy) is 2. The monoisotopic (exact) mass is 369 g/mol. The van der Waals surface area contributed by atoms with E-state index in [-0.39, 0.29) is 12.0 Å². The summed E-state index contributed by atoms with van der Waals surface area (Å²) in [6.07, 6.45) is 3.25. The molecule has 0 radical (unpaired) electrons. The predicted octanol–water partition coefficient (Wildman–Crippen LogP) is 4.56. The van der Waals surface area contributed by atoms with Crippen molar-refractivity contribution >= 4 is 22.8 Å². The fourth-order valence-electron chi connectivity index (χ4n) is 3.50. The van der Waals surface area contributed by atoms with E-state index >= 15 is 0 Å². The number of hydrogen-bond donors (Lipinski definition) is 0. The van der Waals surface area contributed by atoms with Crippen LogP contribution in [0, 0.1) is 5.92 Å². The fraction of sp³-hybridized carbons (Fsp3) is 0.455. The maximum Gasteiger partial charge on any atom is 0.416 e. The molecule has 0 aromatic heterocycles. The smallest absolute Gasteiger partial charge is 0.416 e. The molecule has 1 atom stereocenters. The molecule has 0 spiro atoms. The summed E-state index contributed by atoms with van der Waals surface area (Å²) in [7, 11) is 1.64.